The molecule has 116 valence electrons. The Balaban J connectivity index is 1.98. The van der Waals surface area contributed by atoms with Crippen molar-refractivity contribution in [3.8, 4) is 5.75 Å². The summed E-state index contributed by atoms with van der Waals surface area (Å²) in [6.07, 6.45) is 2.82. The summed E-state index contributed by atoms with van der Waals surface area (Å²) >= 11 is 0. The fourth-order valence-corrected chi connectivity index (χ4v) is 2.58. The Morgan fingerprint density at radius 2 is 2.36 bits per heavy atom. The summed E-state index contributed by atoms with van der Waals surface area (Å²) in [5.74, 6) is 0.287. The lowest BCUT2D eigenvalue weighted by Crippen LogP contribution is -2.13. The minimum Gasteiger partial charge on any atom is -0.493 e. The van der Waals surface area contributed by atoms with E-state index in [1.807, 2.05) is 0 Å². The van der Waals surface area contributed by atoms with E-state index in [2.05, 4.69) is 10.3 Å². The zero-order valence-corrected chi connectivity index (χ0v) is 12.0. The van der Waals surface area contributed by atoms with E-state index in [9.17, 15) is 14.5 Å². The highest BCUT2D eigenvalue weighted by Gasteiger charge is 2.26. The van der Waals surface area contributed by atoms with Gasteiger partial charge in [0.25, 0.3) is 0 Å². The van der Waals surface area contributed by atoms with Gasteiger partial charge in [-0.1, -0.05) is 0 Å². The van der Waals surface area contributed by atoms with Gasteiger partial charge in [0.15, 0.2) is 0 Å². The quantitative estimate of drug-likeness (QED) is 0.696. The number of fused-ring (bicyclic) bond motifs is 1. The first kappa shape index (κ1) is 14.3. The van der Waals surface area contributed by atoms with E-state index in [1.165, 1.54) is 18.5 Å². The van der Waals surface area contributed by atoms with E-state index >= 15 is 0 Å². The number of aromatic nitrogens is 2. The Labute approximate surface area is 125 Å². The van der Waals surface area contributed by atoms with Gasteiger partial charge in [-0.2, -0.15) is 0 Å². The zero-order valence-electron chi connectivity index (χ0n) is 12.0. The number of ether oxygens (including phenoxy) is 1. The van der Waals surface area contributed by atoms with Gasteiger partial charge in [-0.3, -0.25) is 4.57 Å². The summed E-state index contributed by atoms with van der Waals surface area (Å²) in [5, 5.41) is 14.2. The average Bonchev–Trinajstić information content (AvgIpc) is 2.73. The first-order chi connectivity index (χ1) is 10.6. The summed E-state index contributed by atoms with van der Waals surface area (Å²) in [7, 11) is 1.67. The second-order valence-corrected chi connectivity index (χ2v) is 5.15. The summed E-state index contributed by atoms with van der Waals surface area (Å²) in [5.41, 5.74) is 0.660. The number of halogens is 1. The molecule has 0 spiro atoms. The van der Waals surface area contributed by atoms with Crippen LogP contribution in [0.2, 0.25) is 0 Å². The Morgan fingerprint density at radius 3 is 3.14 bits per heavy atom. The van der Waals surface area contributed by atoms with Gasteiger partial charge in [-0.15, -0.1) is 0 Å². The molecule has 0 saturated heterocycles. The van der Waals surface area contributed by atoms with Gasteiger partial charge < -0.3 is 20.2 Å². The number of hydrogen-bond donors (Lipinski definition) is 1. The van der Waals surface area contributed by atoms with Gasteiger partial charge in [-0.05, 0) is 40.9 Å². The molecule has 8 heteroatoms. The average molecular weight is 306 g/mol. The molecule has 22 heavy (non-hydrogen) atoms. The van der Waals surface area contributed by atoms with Crippen molar-refractivity contribution in [3.63, 3.8) is 0 Å². The molecule has 1 atom stereocenters. The van der Waals surface area contributed by atoms with Crippen LogP contribution in [-0.4, -0.2) is 21.1 Å². The van der Waals surface area contributed by atoms with Crippen LogP contribution in [0.4, 0.5) is 16.0 Å². The Morgan fingerprint density at radius 1 is 1.55 bits per heavy atom. The maximum absolute atomic E-state index is 13.6. The molecule has 1 aliphatic rings. The highest BCUT2D eigenvalue weighted by atomic mass is 19.1. The van der Waals surface area contributed by atoms with E-state index in [1.54, 1.807) is 17.7 Å². The van der Waals surface area contributed by atoms with Crippen LogP contribution in [0.25, 0.3) is 0 Å². The fraction of sp³-hybridized carbons (Fsp3) is 0.357. The minimum absolute atomic E-state index is 0.245. The molecule has 0 fully saturated rings. The molecule has 2 aromatic rings. The maximum Gasteiger partial charge on any atom is 0.406 e. The third-order valence-corrected chi connectivity index (χ3v) is 3.64. The predicted molar refractivity (Wildman–Crippen MR) is 77.4 cm³/mol. The molecule has 0 amide bonds. The third kappa shape index (κ3) is 2.59. The summed E-state index contributed by atoms with van der Waals surface area (Å²) in [6, 6.07) is 4.05. The number of nitrogens with zero attached hydrogens (tertiary/aromatic N) is 3. The molecule has 1 aromatic heterocycles. The van der Waals surface area contributed by atoms with E-state index in [0.717, 1.165) is 6.42 Å². The maximum atomic E-state index is 13.6. The normalized spacial score (nSPS) is 17.3. The van der Waals surface area contributed by atoms with E-state index in [4.69, 9.17) is 4.74 Å². The summed E-state index contributed by atoms with van der Waals surface area (Å²) in [4.78, 5) is 14.3. The van der Waals surface area contributed by atoms with Crippen LogP contribution in [0.5, 0.6) is 5.75 Å². The van der Waals surface area contributed by atoms with Crippen molar-refractivity contribution >= 4 is 11.6 Å². The van der Waals surface area contributed by atoms with Crippen molar-refractivity contribution in [1.29, 1.82) is 0 Å². The van der Waals surface area contributed by atoms with Crippen LogP contribution in [0.3, 0.4) is 0 Å². The molecule has 2 heterocycles. The SMILES string of the molecule is Cn1cnc([N+](=O)[O-])c1NC1CCCOc2ccc(F)cc21. The van der Waals surface area contributed by atoms with Crippen LogP contribution < -0.4 is 10.1 Å². The first-order valence-corrected chi connectivity index (χ1v) is 6.90. The standard InChI is InChI=1S/C14H15FN4O3/c1-18-8-16-13(19(20)21)14(18)17-11-3-2-6-22-12-5-4-9(15)7-10(11)12/h4-5,7-8,11,17H,2-3,6H2,1H3. The van der Waals surface area contributed by atoms with Crippen molar-refractivity contribution in [2.45, 2.75) is 18.9 Å². The lowest BCUT2D eigenvalue weighted by molar-refractivity contribution is -0.388. The van der Waals surface area contributed by atoms with E-state index in [-0.39, 0.29) is 17.7 Å². The van der Waals surface area contributed by atoms with Gasteiger partial charge in [-0.25, -0.2) is 4.39 Å². The number of anilines is 1. The lowest BCUT2D eigenvalue weighted by Gasteiger charge is -2.19. The summed E-state index contributed by atoms with van der Waals surface area (Å²) < 4.78 is 20.7. The van der Waals surface area contributed by atoms with Gasteiger partial charge in [0.05, 0.1) is 12.6 Å². The number of nitrogens with one attached hydrogen (secondary N) is 1. The van der Waals surface area contributed by atoms with Crippen LogP contribution in [0.15, 0.2) is 24.5 Å². The van der Waals surface area contributed by atoms with Gasteiger partial charge >= 0.3 is 5.82 Å². The van der Waals surface area contributed by atoms with Gasteiger partial charge in [0.1, 0.15) is 11.6 Å². The van der Waals surface area contributed by atoms with Crippen LogP contribution >= 0.6 is 0 Å². The van der Waals surface area contributed by atoms with Crippen molar-refractivity contribution in [1.82, 2.24) is 9.55 Å². The van der Waals surface area contributed by atoms with Crippen molar-refractivity contribution in [2.24, 2.45) is 7.05 Å². The largest absolute Gasteiger partial charge is 0.493 e. The zero-order chi connectivity index (χ0) is 15.7. The summed E-state index contributed by atoms with van der Waals surface area (Å²) in [6.45, 7) is 0.532. The monoisotopic (exact) mass is 306 g/mol. The molecule has 3 rings (SSSR count). The van der Waals surface area contributed by atoms with Crippen LogP contribution in [0, 0.1) is 15.9 Å². The Bertz CT molecular complexity index is 716. The van der Waals surface area contributed by atoms with Crippen molar-refractivity contribution < 1.29 is 14.1 Å². The number of hydrogen-bond acceptors (Lipinski definition) is 5. The molecular formula is C14H15FN4O3. The van der Waals surface area contributed by atoms with E-state index < -0.39 is 4.92 Å². The van der Waals surface area contributed by atoms with Crippen molar-refractivity contribution in [2.75, 3.05) is 11.9 Å². The highest BCUT2D eigenvalue weighted by molar-refractivity contribution is 5.54. The molecule has 1 aliphatic heterocycles. The molecule has 0 radical (unpaired) electrons. The van der Waals surface area contributed by atoms with Crippen LogP contribution in [-0.2, 0) is 7.05 Å². The number of nitro groups is 1. The number of rotatable bonds is 3. The van der Waals surface area contributed by atoms with E-state index in [0.29, 0.717) is 30.2 Å². The molecule has 0 aliphatic carbocycles. The molecule has 1 aromatic carbocycles. The van der Waals surface area contributed by atoms with Gasteiger partial charge in [0, 0.05) is 12.6 Å². The van der Waals surface area contributed by atoms with Crippen molar-refractivity contribution in [3.05, 3.63) is 46.0 Å². The first-order valence-electron chi connectivity index (χ1n) is 6.90. The van der Waals surface area contributed by atoms with Gasteiger partial charge in [0.2, 0.25) is 12.1 Å². The Hall–Kier alpha value is -2.64. The molecule has 0 bridgehead atoms. The highest BCUT2D eigenvalue weighted by Crippen LogP contribution is 2.36. The Kier molecular flexibility index (Phi) is 3.66. The van der Waals surface area contributed by atoms with Crippen LogP contribution in [0.1, 0.15) is 24.4 Å². The number of aryl methyl sites for hydroxylation is 1. The number of imidazole rings is 1. The minimum atomic E-state index is -0.540. The molecule has 0 saturated carbocycles. The molecule has 1 unspecified atom stereocenters. The smallest absolute Gasteiger partial charge is 0.406 e. The second-order valence-electron chi connectivity index (χ2n) is 5.15. The third-order valence-electron chi connectivity index (χ3n) is 3.64. The molecule has 7 nitrogen and oxygen atoms in total. The topological polar surface area (TPSA) is 82.2 Å². The molecular weight excluding hydrogens is 291 g/mol. The predicted octanol–water partition coefficient (Wildman–Crippen LogP) is 2.79. The number of benzene rings is 1. The second kappa shape index (κ2) is 5.63. The fourth-order valence-electron chi connectivity index (χ4n) is 2.58. The molecule has 1 N–H and O–H groups in total. The lowest BCUT2D eigenvalue weighted by atomic mass is 10.0.